The molecule has 2 amide bonds. The summed E-state index contributed by atoms with van der Waals surface area (Å²) in [5.41, 5.74) is 2.23. The number of para-hydroxylation sites is 1. The molecule has 0 aliphatic rings. The number of aryl methyl sites for hydroxylation is 1. The lowest BCUT2D eigenvalue weighted by atomic mass is 10.1. The third-order valence-electron chi connectivity index (χ3n) is 4.53. The number of hydrogen-bond acceptors (Lipinski definition) is 5. The predicted octanol–water partition coefficient (Wildman–Crippen LogP) is 2.41. The number of carbonyl (C=O) groups excluding carboxylic acids is 2. The van der Waals surface area contributed by atoms with Crippen molar-refractivity contribution in [3.63, 3.8) is 0 Å². The third-order valence-corrected chi connectivity index (χ3v) is 5.72. The largest absolute Gasteiger partial charge is 0.385 e. The Morgan fingerprint density at radius 3 is 2.43 bits per heavy atom. The molecule has 2 N–H and O–H groups in total. The van der Waals surface area contributed by atoms with Crippen LogP contribution >= 0.6 is 0 Å². The molecule has 2 aromatic rings. The molecule has 30 heavy (non-hydrogen) atoms. The van der Waals surface area contributed by atoms with Crippen molar-refractivity contribution in [3.05, 3.63) is 59.2 Å². The Kier molecular flexibility index (Phi) is 7.96. The molecule has 162 valence electrons. The fourth-order valence-corrected chi connectivity index (χ4v) is 3.39. The molecule has 0 unspecified atom stereocenters. The van der Waals surface area contributed by atoms with Gasteiger partial charge in [-0.25, -0.2) is 8.42 Å². The summed E-state index contributed by atoms with van der Waals surface area (Å²) in [6, 6.07) is 11.5. The average molecular weight is 434 g/mol. The first-order valence-corrected chi connectivity index (χ1v) is 11.2. The maximum absolute atomic E-state index is 12.7. The Morgan fingerprint density at radius 1 is 1.10 bits per heavy atom. The van der Waals surface area contributed by atoms with E-state index < -0.39 is 15.9 Å². The smallest absolute Gasteiger partial charge is 0.255 e. The number of benzene rings is 2. The molecule has 2 rings (SSSR count). The number of nitrogens with zero attached hydrogens (tertiary/aromatic N) is 1. The number of rotatable bonds is 9. The van der Waals surface area contributed by atoms with Crippen molar-refractivity contribution in [1.29, 1.82) is 0 Å². The van der Waals surface area contributed by atoms with Gasteiger partial charge in [-0.15, -0.1) is 0 Å². The summed E-state index contributed by atoms with van der Waals surface area (Å²) in [7, 11) is -0.352. The molecule has 8 nitrogen and oxygen atoms in total. The van der Waals surface area contributed by atoms with Crippen LogP contribution in [0.2, 0.25) is 0 Å². The Labute approximate surface area is 177 Å². The molecular weight excluding hydrogens is 406 g/mol. The van der Waals surface area contributed by atoms with E-state index in [2.05, 4.69) is 10.6 Å². The summed E-state index contributed by atoms with van der Waals surface area (Å²) in [6.45, 7) is 2.74. The second-order valence-electron chi connectivity index (χ2n) is 6.83. The highest BCUT2D eigenvalue weighted by Crippen LogP contribution is 2.23. The first-order chi connectivity index (χ1) is 14.1. The summed E-state index contributed by atoms with van der Waals surface area (Å²) >= 11 is 0. The van der Waals surface area contributed by atoms with Crippen LogP contribution in [0.3, 0.4) is 0 Å². The van der Waals surface area contributed by atoms with Crippen molar-refractivity contribution < 1.29 is 22.7 Å². The van der Waals surface area contributed by atoms with Crippen molar-refractivity contribution in [2.24, 2.45) is 0 Å². The van der Waals surface area contributed by atoms with Gasteiger partial charge >= 0.3 is 0 Å². The fourth-order valence-electron chi connectivity index (χ4n) is 2.83. The van der Waals surface area contributed by atoms with Gasteiger partial charge in [0.2, 0.25) is 10.0 Å². The van der Waals surface area contributed by atoms with E-state index in [1.165, 1.54) is 7.05 Å². The Hall–Kier alpha value is -2.91. The van der Waals surface area contributed by atoms with Gasteiger partial charge in [0.1, 0.15) is 0 Å². The minimum absolute atomic E-state index is 0.289. The number of hydrogen-bond donors (Lipinski definition) is 2. The van der Waals surface area contributed by atoms with E-state index in [1.807, 2.05) is 0 Å². The van der Waals surface area contributed by atoms with Crippen molar-refractivity contribution in [1.82, 2.24) is 5.32 Å². The molecule has 0 bridgehead atoms. The van der Waals surface area contributed by atoms with Gasteiger partial charge in [0.05, 0.1) is 23.2 Å². The summed E-state index contributed by atoms with van der Waals surface area (Å²) in [6.07, 6.45) is 1.80. The number of sulfonamides is 1. The van der Waals surface area contributed by atoms with Crippen LogP contribution in [0.15, 0.2) is 42.5 Å². The summed E-state index contributed by atoms with van der Waals surface area (Å²) in [5.74, 6) is -0.686. The van der Waals surface area contributed by atoms with Gasteiger partial charge < -0.3 is 15.4 Å². The van der Waals surface area contributed by atoms with E-state index >= 15 is 0 Å². The van der Waals surface area contributed by atoms with Crippen LogP contribution in [0.1, 0.15) is 32.7 Å². The summed E-state index contributed by atoms with van der Waals surface area (Å²) in [5, 5.41) is 5.56. The molecule has 0 radical (unpaired) electrons. The molecule has 0 saturated heterocycles. The van der Waals surface area contributed by atoms with Gasteiger partial charge in [-0.2, -0.15) is 0 Å². The number of carbonyl (C=O) groups is 2. The minimum atomic E-state index is -3.41. The van der Waals surface area contributed by atoms with Crippen molar-refractivity contribution in [2.45, 2.75) is 13.3 Å². The van der Waals surface area contributed by atoms with E-state index in [1.54, 1.807) is 56.5 Å². The zero-order valence-electron chi connectivity index (χ0n) is 17.6. The molecular formula is C21H27N3O5S. The third kappa shape index (κ3) is 6.04. The lowest BCUT2D eigenvalue weighted by Crippen LogP contribution is -2.27. The van der Waals surface area contributed by atoms with Crippen LogP contribution in [-0.4, -0.2) is 53.8 Å². The van der Waals surface area contributed by atoms with Gasteiger partial charge in [0.25, 0.3) is 11.8 Å². The normalized spacial score (nSPS) is 11.1. The van der Waals surface area contributed by atoms with Crippen LogP contribution in [0.4, 0.5) is 11.4 Å². The first kappa shape index (κ1) is 23.4. The Bertz CT molecular complexity index is 1020. The SMILES string of the molecule is COCCCNC(=O)c1ccccc1NC(=O)c1ccc(N(C)S(C)(=O)=O)c(C)c1. The molecule has 0 aliphatic heterocycles. The number of methoxy groups -OCH3 is 1. The number of ether oxygens (including phenoxy) is 1. The van der Waals surface area contributed by atoms with Gasteiger partial charge in [0.15, 0.2) is 0 Å². The highest BCUT2D eigenvalue weighted by molar-refractivity contribution is 7.92. The highest BCUT2D eigenvalue weighted by atomic mass is 32.2. The zero-order chi connectivity index (χ0) is 22.3. The number of amides is 2. The summed E-state index contributed by atoms with van der Waals surface area (Å²) in [4.78, 5) is 25.2. The molecule has 0 aromatic heterocycles. The zero-order valence-corrected chi connectivity index (χ0v) is 18.4. The fraction of sp³-hybridized carbons (Fsp3) is 0.333. The van der Waals surface area contributed by atoms with Gasteiger partial charge in [-0.1, -0.05) is 12.1 Å². The van der Waals surface area contributed by atoms with Crippen molar-refractivity contribution in [3.8, 4) is 0 Å². The maximum Gasteiger partial charge on any atom is 0.255 e. The minimum Gasteiger partial charge on any atom is -0.385 e. The molecule has 0 saturated carbocycles. The van der Waals surface area contributed by atoms with Crippen molar-refractivity contribution in [2.75, 3.05) is 43.2 Å². The Balaban J connectivity index is 2.17. The van der Waals surface area contributed by atoms with Crippen LogP contribution in [0, 0.1) is 6.92 Å². The molecule has 0 fully saturated rings. The van der Waals surface area contributed by atoms with Crippen LogP contribution in [-0.2, 0) is 14.8 Å². The molecule has 0 spiro atoms. The van der Waals surface area contributed by atoms with Gasteiger partial charge in [-0.05, 0) is 49.2 Å². The number of anilines is 2. The quantitative estimate of drug-likeness (QED) is 0.591. The predicted molar refractivity (Wildman–Crippen MR) is 118 cm³/mol. The number of nitrogens with one attached hydrogen (secondary N) is 2. The monoisotopic (exact) mass is 433 g/mol. The maximum atomic E-state index is 12.7. The Morgan fingerprint density at radius 2 is 1.80 bits per heavy atom. The standard InChI is InChI=1S/C21H27N3O5S/c1-15-14-16(10-11-19(15)24(2)30(4,27)28)20(25)23-18-9-6-5-8-17(18)21(26)22-12-7-13-29-3/h5-6,8-11,14H,7,12-13H2,1-4H3,(H,22,26)(H,23,25). The van der Waals surface area contributed by atoms with Crippen LogP contribution in [0.25, 0.3) is 0 Å². The van der Waals surface area contributed by atoms with E-state index in [9.17, 15) is 18.0 Å². The second-order valence-corrected chi connectivity index (χ2v) is 8.85. The lowest BCUT2D eigenvalue weighted by molar-refractivity contribution is 0.0949. The van der Waals surface area contributed by atoms with E-state index in [4.69, 9.17) is 4.74 Å². The van der Waals surface area contributed by atoms with E-state index in [0.717, 1.165) is 10.6 Å². The van der Waals surface area contributed by atoms with Crippen LogP contribution < -0.4 is 14.9 Å². The average Bonchev–Trinajstić information content (AvgIpc) is 2.70. The van der Waals surface area contributed by atoms with Crippen molar-refractivity contribution >= 4 is 33.2 Å². The van der Waals surface area contributed by atoms with Crippen LogP contribution in [0.5, 0.6) is 0 Å². The lowest BCUT2D eigenvalue weighted by Gasteiger charge is -2.19. The molecule has 0 atom stereocenters. The highest BCUT2D eigenvalue weighted by Gasteiger charge is 2.17. The molecule has 0 heterocycles. The van der Waals surface area contributed by atoms with E-state index in [0.29, 0.717) is 47.6 Å². The summed E-state index contributed by atoms with van der Waals surface area (Å²) < 4.78 is 29.6. The first-order valence-electron chi connectivity index (χ1n) is 9.37. The molecule has 0 aliphatic carbocycles. The topological polar surface area (TPSA) is 105 Å². The second kappa shape index (κ2) is 10.2. The van der Waals surface area contributed by atoms with E-state index in [-0.39, 0.29) is 5.91 Å². The van der Waals surface area contributed by atoms with Gasteiger partial charge in [0, 0.05) is 32.9 Å². The molecule has 2 aromatic carbocycles. The van der Waals surface area contributed by atoms with Gasteiger partial charge in [-0.3, -0.25) is 13.9 Å². The molecule has 9 heteroatoms.